The summed E-state index contributed by atoms with van der Waals surface area (Å²) < 4.78 is 18.5. The van der Waals surface area contributed by atoms with Crippen molar-refractivity contribution in [2.45, 2.75) is 27.3 Å². The van der Waals surface area contributed by atoms with E-state index < -0.39 is 0 Å². The number of benzene rings is 2. The highest BCUT2D eigenvalue weighted by Gasteiger charge is 2.12. The maximum Gasteiger partial charge on any atom is 0.127 e. The molecule has 25 heavy (non-hydrogen) atoms. The van der Waals surface area contributed by atoms with Gasteiger partial charge in [0.05, 0.1) is 31.6 Å². The molecule has 0 amide bonds. The molecule has 0 aliphatic heterocycles. The third-order valence-corrected chi connectivity index (χ3v) is 4.34. The summed E-state index contributed by atoms with van der Waals surface area (Å²) in [6.45, 7) is 9.39. The fourth-order valence-electron chi connectivity index (χ4n) is 2.65. The van der Waals surface area contributed by atoms with Crippen molar-refractivity contribution >= 4 is 11.4 Å². The number of hydrogen-bond acceptors (Lipinski definition) is 3. The Kier molecular flexibility index (Phi) is 6.95. The van der Waals surface area contributed by atoms with E-state index in [9.17, 15) is 4.39 Å². The quantitative estimate of drug-likeness (QED) is 0.570. The fourth-order valence-corrected chi connectivity index (χ4v) is 2.65. The first-order valence-electron chi connectivity index (χ1n) is 8.64. The number of rotatable bonds is 8. The molecule has 2 aromatic carbocycles. The molecule has 2 N–H and O–H groups in total. The zero-order valence-electron chi connectivity index (χ0n) is 15.4. The molecule has 0 saturated heterocycles. The lowest BCUT2D eigenvalue weighted by atomic mass is 10.1. The monoisotopic (exact) mass is 344 g/mol. The molecule has 0 spiro atoms. The average molecular weight is 344 g/mol. The van der Waals surface area contributed by atoms with Crippen molar-refractivity contribution < 1.29 is 14.0 Å². The fraction of sp³-hybridized carbons (Fsp3) is 0.350. The van der Waals surface area contributed by atoms with E-state index >= 15 is 0 Å². The zero-order valence-corrected chi connectivity index (χ0v) is 15.4. The number of anilines is 1. The third-order valence-electron chi connectivity index (χ3n) is 4.34. The van der Waals surface area contributed by atoms with Gasteiger partial charge >= 0.3 is 0 Å². The number of nitrogens with one attached hydrogen (secondary N) is 2. The van der Waals surface area contributed by atoms with Crippen LogP contribution in [0, 0.1) is 5.82 Å². The van der Waals surface area contributed by atoms with E-state index in [0.717, 1.165) is 42.3 Å². The van der Waals surface area contributed by atoms with Crippen LogP contribution in [0.2, 0.25) is 0 Å². The van der Waals surface area contributed by atoms with Gasteiger partial charge in [0.1, 0.15) is 18.1 Å². The van der Waals surface area contributed by atoms with Crippen molar-refractivity contribution in [1.29, 1.82) is 0 Å². The molecular formula is C20H27FN3O+. The van der Waals surface area contributed by atoms with Crippen LogP contribution in [0.15, 0.2) is 47.6 Å². The van der Waals surface area contributed by atoms with Crippen LogP contribution >= 0.6 is 0 Å². The van der Waals surface area contributed by atoms with E-state index in [1.165, 1.54) is 22.6 Å². The summed E-state index contributed by atoms with van der Waals surface area (Å²) >= 11 is 0. The molecule has 0 aliphatic rings. The first-order valence-corrected chi connectivity index (χ1v) is 8.64. The Morgan fingerprint density at radius 2 is 1.80 bits per heavy atom. The summed E-state index contributed by atoms with van der Waals surface area (Å²) in [6.07, 6.45) is 0. The maximum absolute atomic E-state index is 13.0. The number of methoxy groups -OCH3 is 1. The van der Waals surface area contributed by atoms with E-state index in [0.29, 0.717) is 0 Å². The standard InChI is InChI=1S/C20H26FN3O/c1-5-24(6-2)14-17-13-16(7-12-20(17)25-4)15(3)22-23-19-10-8-18(21)9-11-19/h7-13,23H,5-6,14H2,1-4H3/p+1/b22-15-. The van der Waals surface area contributed by atoms with Gasteiger partial charge < -0.3 is 9.64 Å². The van der Waals surface area contributed by atoms with Gasteiger partial charge in [-0.3, -0.25) is 5.43 Å². The largest absolute Gasteiger partial charge is 0.496 e. The van der Waals surface area contributed by atoms with Gasteiger partial charge in [-0.2, -0.15) is 5.10 Å². The first-order chi connectivity index (χ1) is 12.1. The molecule has 0 bridgehead atoms. The number of halogens is 1. The average Bonchev–Trinajstić information content (AvgIpc) is 2.65. The lowest BCUT2D eigenvalue weighted by Crippen LogP contribution is -3.10. The highest BCUT2D eigenvalue weighted by molar-refractivity contribution is 5.99. The second kappa shape index (κ2) is 9.18. The molecule has 0 saturated carbocycles. The van der Waals surface area contributed by atoms with Gasteiger partial charge in [0.25, 0.3) is 0 Å². The zero-order chi connectivity index (χ0) is 18.2. The molecule has 0 heterocycles. The van der Waals surface area contributed by atoms with E-state index in [4.69, 9.17) is 4.74 Å². The molecule has 5 heteroatoms. The second-order valence-electron chi connectivity index (χ2n) is 5.98. The number of nitrogens with zero attached hydrogens (tertiary/aromatic N) is 1. The van der Waals surface area contributed by atoms with Gasteiger partial charge in [0, 0.05) is 5.56 Å². The molecule has 0 aromatic heterocycles. The molecule has 134 valence electrons. The van der Waals surface area contributed by atoms with Crippen molar-refractivity contribution in [3.8, 4) is 5.75 Å². The van der Waals surface area contributed by atoms with Gasteiger partial charge in [-0.1, -0.05) is 0 Å². The summed E-state index contributed by atoms with van der Waals surface area (Å²) in [5, 5.41) is 4.41. The molecule has 0 fully saturated rings. The highest BCUT2D eigenvalue weighted by atomic mass is 19.1. The molecule has 4 nitrogen and oxygen atoms in total. The minimum atomic E-state index is -0.259. The Hall–Kier alpha value is -2.40. The summed E-state index contributed by atoms with van der Waals surface area (Å²) in [6, 6.07) is 12.3. The van der Waals surface area contributed by atoms with Gasteiger partial charge in [-0.15, -0.1) is 0 Å². The first kappa shape index (κ1) is 18.9. The van der Waals surface area contributed by atoms with E-state index in [2.05, 4.69) is 30.4 Å². The van der Waals surface area contributed by atoms with Crippen molar-refractivity contribution in [2.24, 2.45) is 5.10 Å². The molecule has 2 aromatic rings. The Morgan fingerprint density at radius 1 is 1.12 bits per heavy atom. The van der Waals surface area contributed by atoms with E-state index in [1.54, 1.807) is 19.2 Å². The summed E-state index contributed by atoms with van der Waals surface area (Å²) in [5.41, 5.74) is 6.80. The molecule has 0 aliphatic carbocycles. The molecular weight excluding hydrogens is 317 g/mol. The van der Waals surface area contributed by atoms with Crippen molar-refractivity contribution in [2.75, 3.05) is 25.6 Å². The highest BCUT2D eigenvalue weighted by Crippen LogP contribution is 2.20. The van der Waals surface area contributed by atoms with Crippen LogP contribution < -0.4 is 15.1 Å². The Morgan fingerprint density at radius 3 is 2.40 bits per heavy atom. The number of hydrazone groups is 1. The van der Waals surface area contributed by atoms with Crippen LogP contribution in [0.25, 0.3) is 0 Å². The maximum atomic E-state index is 13.0. The smallest absolute Gasteiger partial charge is 0.127 e. The SMILES string of the molecule is CC[NH+](CC)Cc1cc(/C(C)=N\Nc2ccc(F)cc2)ccc1OC. The van der Waals surface area contributed by atoms with Crippen LogP contribution in [0.1, 0.15) is 31.9 Å². The lowest BCUT2D eigenvalue weighted by Gasteiger charge is -2.18. The minimum absolute atomic E-state index is 0.259. The van der Waals surface area contributed by atoms with Crippen LogP contribution in [-0.4, -0.2) is 25.9 Å². The summed E-state index contributed by atoms with van der Waals surface area (Å²) in [5.74, 6) is 0.646. The molecule has 0 unspecified atom stereocenters. The van der Waals surface area contributed by atoms with Crippen LogP contribution in [-0.2, 0) is 6.54 Å². The molecule has 2 rings (SSSR count). The predicted molar refractivity (Wildman–Crippen MR) is 101 cm³/mol. The normalized spacial score (nSPS) is 11.7. The second-order valence-corrected chi connectivity index (χ2v) is 5.98. The van der Waals surface area contributed by atoms with Gasteiger partial charge in [0.2, 0.25) is 0 Å². The van der Waals surface area contributed by atoms with Gasteiger partial charge in [0.15, 0.2) is 0 Å². The van der Waals surface area contributed by atoms with E-state index in [1.807, 2.05) is 19.1 Å². The number of quaternary nitrogens is 1. The molecule has 0 radical (unpaired) electrons. The van der Waals surface area contributed by atoms with E-state index in [-0.39, 0.29) is 5.82 Å². The lowest BCUT2D eigenvalue weighted by molar-refractivity contribution is -0.910. The molecule has 0 atom stereocenters. The number of hydrogen-bond donors (Lipinski definition) is 2. The number of ether oxygens (including phenoxy) is 1. The predicted octanol–water partition coefficient (Wildman–Crippen LogP) is 3.10. The minimum Gasteiger partial charge on any atom is -0.496 e. The Labute approximate surface area is 149 Å². The van der Waals surface area contributed by atoms with Crippen LogP contribution in [0.4, 0.5) is 10.1 Å². The Balaban J connectivity index is 2.19. The summed E-state index contributed by atoms with van der Waals surface area (Å²) in [4.78, 5) is 1.49. The van der Waals surface area contributed by atoms with Crippen LogP contribution in [0.5, 0.6) is 5.75 Å². The van der Waals surface area contributed by atoms with Gasteiger partial charge in [-0.25, -0.2) is 4.39 Å². The summed E-state index contributed by atoms with van der Waals surface area (Å²) in [7, 11) is 1.70. The van der Waals surface area contributed by atoms with Crippen molar-refractivity contribution in [1.82, 2.24) is 0 Å². The Bertz CT molecular complexity index is 709. The topological polar surface area (TPSA) is 38.1 Å². The third kappa shape index (κ3) is 5.29. The van der Waals surface area contributed by atoms with Crippen molar-refractivity contribution in [3.63, 3.8) is 0 Å². The van der Waals surface area contributed by atoms with Crippen LogP contribution in [0.3, 0.4) is 0 Å². The van der Waals surface area contributed by atoms with Crippen molar-refractivity contribution in [3.05, 3.63) is 59.4 Å². The van der Waals surface area contributed by atoms with Gasteiger partial charge in [-0.05, 0) is 68.8 Å².